The van der Waals surface area contributed by atoms with Crippen molar-refractivity contribution < 1.29 is 17.9 Å². The molecule has 4 unspecified atom stereocenters. The van der Waals surface area contributed by atoms with Crippen LogP contribution in [-0.4, -0.2) is 50.0 Å². The van der Waals surface area contributed by atoms with Crippen LogP contribution in [0.25, 0.3) is 0 Å². The second kappa shape index (κ2) is 8.69. The minimum atomic E-state index is -3.82. The Kier molecular flexibility index (Phi) is 6.69. The van der Waals surface area contributed by atoms with Gasteiger partial charge in [0.2, 0.25) is 10.0 Å². The maximum atomic E-state index is 13.2. The second-order valence-corrected chi connectivity index (χ2v) is 10.4. The maximum absolute atomic E-state index is 13.2. The van der Waals surface area contributed by atoms with E-state index in [1.165, 1.54) is 22.9 Å². The van der Waals surface area contributed by atoms with Crippen LogP contribution in [0.1, 0.15) is 56.8 Å². The highest BCUT2D eigenvalue weighted by Crippen LogP contribution is 2.29. The van der Waals surface area contributed by atoms with Gasteiger partial charge in [0, 0.05) is 24.7 Å². The Balaban J connectivity index is 1.83. The predicted molar refractivity (Wildman–Crippen MR) is 109 cm³/mol. The van der Waals surface area contributed by atoms with E-state index in [0.29, 0.717) is 11.5 Å². The van der Waals surface area contributed by atoms with Crippen molar-refractivity contribution in [2.45, 2.75) is 69.6 Å². The summed E-state index contributed by atoms with van der Waals surface area (Å²) in [7, 11) is -3.82. The average molecular weight is 429 g/mol. The number of ether oxygens (including phenoxy) is 1. The van der Waals surface area contributed by atoms with Crippen LogP contribution in [0.2, 0.25) is 5.02 Å². The molecule has 2 aliphatic rings. The van der Waals surface area contributed by atoms with Gasteiger partial charge in [-0.1, -0.05) is 31.4 Å². The molecule has 0 spiro atoms. The van der Waals surface area contributed by atoms with Crippen LogP contribution in [0.5, 0.6) is 0 Å². The van der Waals surface area contributed by atoms with Crippen molar-refractivity contribution >= 4 is 27.5 Å². The van der Waals surface area contributed by atoms with Gasteiger partial charge in [-0.15, -0.1) is 0 Å². The van der Waals surface area contributed by atoms with Crippen molar-refractivity contribution in [3.8, 4) is 0 Å². The molecule has 1 aliphatic carbocycles. The van der Waals surface area contributed by atoms with Crippen molar-refractivity contribution in [1.29, 1.82) is 0 Å². The molecule has 1 saturated carbocycles. The van der Waals surface area contributed by atoms with Crippen molar-refractivity contribution in [1.82, 2.24) is 9.62 Å². The van der Waals surface area contributed by atoms with Crippen LogP contribution >= 0.6 is 11.6 Å². The van der Waals surface area contributed by atoms with E-state index in [1.54, 1.807) is 6.07 Å². The van der Waals surface area contributed by atoms with Gasteiger partial charge in [0.15, 0.2) is 0 Å². The number of hydrogen-bond acceptors (Lipinski definition) is 4. The van der Waals surface area contributed by atoms with Crippen LogP contribution in [0, 0.1) is 5.92 Å². The van der Waals surface area contributed by atoms with Gasteiger partial charge in [-0.05, 0) is 50.8 Å². The summed E-state index contributed by atoms with van der Waals surface area (Å²) in [4.78, 5) is 12.7. The number of carbonyl (C=O) groups is 1. The normalized spacial score (nSPS) is 29.4. The molecule has 1 aliphatic heterocycles. The summed E-state index contributed by atoms with van der Waals surface area (Å²) in [6, 6.07) is 4.58. The number of halogens is 1. The molecule has 1 saturated heterocycles. The number of rotatable bonds is 4. The van der Waals surface area contributed by atoms with Gasteiger partial charge < -0.3 is 10.1 Å². The molecule has 6 nitrogen and oxygen atoms in total. The zero-order chi connectivity index (χ0) is 20.5. The summed E-state index contributed by atoms with van der Waals surface area (Å²) in [6.07, 6.45) is 3.94. The summed E-state index contributed by atoms with van der Waals surface area (Å²) in [5, 5.41) is 3.19. The zero-order valence-corrected chi connectivity index (χ0v) is 18.2. The Morgan fingerprint density at radius 2 is 1.79 bits per heavy atom. The Hall–Kier alpha value is -1.15. The molecule has 1 amide bonds. The van der Waals surface area contributed by atoms with Crippen LogP contribution in [0.15, 0.2) is 23.1 Å². The van der Waals surface area contributed by atoms with E-state index >= 15 is 0 Å². The lowest BCUT2D eigenvalue weighted by Gasteiger charge is -2.34. The fourth-order valence-corrected chi connectivity index (χ4v) is 6.18. The lowest BCUT2D eigenvalue weighted by atomic mass is 9.86. The van der Waals surface area contributed by atoms with Crippen LogP contribution in [0.3, 0.4) is 0 Å². The van der Waals surface area contributed by atoms with Crippen LogP contribution in [-0.2, 0) is 14.8 Å². The first kappa shape index (κ1) is 21.6. The number of nitrogens with one attached hydrogen (secondary N) is 1. The minimum absolute atomic E-state index is 0.0280. The standard InChI is InChI=1S/C20H29ClN2O4S/c1-13-6-4-5-7-18(13)22-20(24)16-8-9-17(21)19(10-16)28(25,26)23-11-14(2)27-15(3)12-23/h8-10,13-15,18H,4-7,11-12H2,1-3H3,(H,22,24). The molecule has 0 bridgehead atoms. The monoisotopic (exact) mass is 428 g/mol. The number of amides is 1. The molecule has 0 aromatic heterocycles. The highest BCUT2D eigenvalue weighted by Gasteiger charge is 2.34. The first-order valence-corrected chi connectivity index (χ1v) is 11.8. The first-order chi connectivity index (χ1) is 13.2. The fraction of sp³-hybridized carbons (Fsp3) is 0.650. The third-order valence-electron chi connectivity index (χ3n) is 5.63. The lowest BCUT2D eigenvalue weighted by Crippen LogP contribution is -2.48. The molecule has 8 heteroatoms. The highest BCUT2D eigenvalue weighted by atomic mass is 35.5. The summed E-state index contributed by atoms with van der Waals surface area (Å²) in [6.45, 7) is 6.35. The third kappa shape index (κ3) is 4.70. The van der Waals surface area contributed by atoms with E-state index in [2.05, 4.69) is 12.2 Å². The molecule has 156 valence electrons. The number of carbonyl (C=O) groups excluding carboxylic acids is 1. The fourth-order valence-electron chi connectivity index (χ4n) is 4.09. The number of sulfonamides is 1. The predicted octanol–water partition coefficient (Wildman–Crippen LogP) is 3.45. The molecule has 1 heterocycles. The SMILES string of the molecule is CC1CN(S(=O)(=O)c2cc(C(=O)NC3CCCCC3C)ccc2Cl)CC(C)O1. The number of morpholine rings is 1. The van der Waals surface area contributed by atoms with Gasteiger partial charge >= 0.3 is 0 Å². The highest BCUT2D eigenvalue weighted by molar-refractivity contribution is 7.89. The minimum Gasteiger partial charge on any atom is -0.373 e. The molecular weight excluding hydrogens is 400 g/mol. The zero-order valence-electron chi connectivity index (χ0n) is 16.7. The quantitative estimate of drug-likeness (QED) is 0.796. The van der Waals surface area contributed by atoms with Gasteiger partial charge in [-0.3, -0.25) is 4.79 Å². The first-order valence-electron chi connectivity index (χ1n) is 9.94. The van der Waals surface area contributed by atoms with Gasteiger partial charge in [0.05, 0.1) is 17.2 Å². The molecular formula is C20H29ClN2O4S. The summed E-state index contributed by atoms with van der Waals surface area (Å²) in [5.74, 6) is 0.167. The Morgan fingerprint density at radius 1 is 1.14 bits per heavy atom. The molecule has 1 aromatic carbocycles. The van der Waals surface area contributed by atoms with E-state index in [4.69, 9.17) is 16.3 Å². The Labute approximate surface area is 172 Å². The third-order valence-corrected chi connectivity index (χ3v) is 7.94. The van der Waals surface area contributed by atoms with Gasteiger partial charge in [-0.25, -0.2) is 8.42 Å². The number of hydrogen-bond donors (Lipinski definition) is 1. The topological polar surface area (TPSA) is 75.7 Å². The smallest absolute Gasteiger partial charge is 0.251 e. The lowest BCUT2D eigenvalue weighted by molar-refractivity contribution is -0.0440. The molecule has 4 atom stereocenters. The van der Waals surface area contributed by atoms with Crippen molar-refractivity contribution in [2.75, 3.05) is 13.1 Å². The summed E-state index contributed by atoms with van der Waals surface area (Å²) >= 11 is 6.22. The van der Waals surface area contributed by atoms with Gasteiger partial charge in [-0.2, -0.15) is 4.31 Å². The molecule has 3 rings (SSSR count). The van der Waals surface area contributed by atoms with Crippen molar-refractivity contribution in [3.05, 3.63) is 28.8 Å². The van der Waals surface area contributed by atoms with E-state index in [1.807, 2.05) is 13.8 Å². The molecule has 28 heavy (non-hydrogen) atoms. The molecule has 0 radical (unpaired) electrons. The average Bonchev–Trinajstić information content (AvgIpc) is 2.63. The summed E-state index contributed by atoms with van der Waals surface area (Å²) in [5.41, 5.74) is 0.315. The second-order valence-electron chi connectivity index (χ2n) is 8.07. The van der Waals surface area contributed by atoms with Crippen LogP contribution < -0.4 is 5.32 Å². The Morgan fingerprint density at radius 3 is 2.43 bits per heavy atom. The van der Waals surface area contributed by atoms with E-state index < -0.39 is 10.0 Å². The Bertz CT molecular complexity index is 819. The largest absolute Gasteiger partial charge is 0.373 e. The molecule has 1 N–H and O–H groups in total. The summed E-state index contributed by atoms with van der Waals surface area (Å²) < 4.78 is 33.4. The molecule has 1 aromatic rings. The maximum Gasteiger partial charge on any atom is 0.251 e. The van der Waals surface area contributed by atoms with Gasteiger partial charge in [0.1, 0.15) is 4.90 Å². The van der Waals surface area contributed by atoms with Crippen LogP contribution in [0.4, 0.5) is 0 Å². The van der Waals surface area contributed by atoms with Gasteiger partial charge in [0.25, 0.3) is 5.91 Å². The number of benzene rings is 1. The van der Waals surface area contributed by atoms with Crippen molar-refractivity contribution in [3.63, 3.8) is 0 Å². The molecule has 2 fully saturated rings. The van der Waals surface area contributed by atoms with Crippen molar-refractivity contribution in [2.24, 2.45) is 5.92 Å². The van der Waals surface area contributed by atoms with E-state index in [9.17, 15) is 13.2 Å². The van der Waals surface area contributed by atoms with E-state index in [-0.39, 0.29) is 47.2 Å². The van der Waals surface area contributed by atoms with E-state index in [0.717, 1.165) is 19.3 Å². The number of nitrogens with zero attached hydrogens (tertiary/aromatic N) is 1.